The first-order valence-corrected chi connectivity index (χ1v) is 15.3. The summed E-state index contributed by atoms with van der Waals surface area (Å²) in [5.41, 5.74) is -3.54. The molecule has 2 aromatic rings. The first-order valence-electron chi connectivity index (χ1n) is 12.3. The van der Waals surface area contributed by atoms with Crippen LogP contribution in [0.3, 0.4) is 0 Å². The molecule has 0 aromatic heterocycles. The van der Waals surface area contributed by atoms with Crippen LogP contribution in [0.1, 0.15) is 41.6 Å². The second kappa shape index (κ2) is 10.6. The van der Waals surface area contributed by atoms with Gasteiger partial charge >= 0.3 is 0 Å². The molecule has 2 atom stereocenters. The monoisotopic (exact) mass is 596 g/mol. The number of rotatable bonds is 10. The van der Waals surface area contributed by atoms with E-state index in [0.29, 0.717) is 26.1 Å². The highest BCUT2D eigenvalue weighted by Crippen LogP contribution is 2.48. The summed E-state index contributed by atoms with van der Waals surface area (Å²) in [6, 6.07) is 3.24. The Kier molecular flexibility index (Phi) is 7.45. The fourth-order valence-electron chi connectivity index (χ4n) is 5.01. The SMILES string of the molecule is O=C1c2cc(S(=O)(=O)NC[C@@H]3CCCO3)cc([N+](=O)[O-])c2-c2c1cc(S(=O)(=O)NC[C@@H]1CCCO1)cc2[N+](=O)[O-]. The van der Waals surface area contributed by atoms with Crippen molar-refractivity contribution in [1.29, 1.82) is 0 Å². The second-order valence-electron chi connectivity index (χ2n) is 9.55. The van der Waals surface area contributed by atoms with Crippen LogP contribution in [-0.2, 0) is 29.5 Å². The van der Waals surface area contributed by atoms with Crippen LogP contribution >= 0.6 is 0 Å². The normalized spacial score (nSPS) is 20.4. The van der Waals surface area contributed by atoms with Crippen molar-refractivity contribution in [1.82, 2.24) is 9.44 Å². The Morgan fingerprint density at radius 3 is 1.48 bits per heavy atom. The molecule has 0 saturated carbocycles. The number of fused-ring (bicyclic) bond motifs is 3. The van der Waals surface area contributed by atoms with Crippen molar-refractivity contribution < 1.29 is 41.0 Å². The molecule has 2 aliphatic heterocycles. The van der Waals surface area contributed by atoms with Gasteiger partial charge in [0.1, 0.15) is 0 Å². The molecule has 2 saturated heterocycles. The third kappa shape index (κ3) is 5.23. The van der Waals surface area contributed by atoms with E-state index in [2.05, 4.69) is 9.44 Å². The Bertz CT molecular complexity index is 1510. The molecule has 0 bridgehead atoms. The zero-order valence-electron chi connectivity index (χ0n) is 20.8. The Labute approximate surface area is 228 Å². The zero-order valence-corrected chi connectivity index (χ0v) is 22.5. The Morgan fingerprint density at radius 1 is 0.750 bits per heavy atom. The molecule has 40 heavy (non-hydrogen) atoms. The maximum atomic E-state index is 13.4. The minimum atomic E-state index is -4.35. The van der Waals surface area contributed by atoms with Gasteiger partial charge in [-0.05, 0) is 37.8 Å². The highest BCUT2D eigenvalue weighted by molar-refractivity contribution is 7.89. The molecule has 15 nitrogen and oxygen atoms in total. The van der Waals surface area contributed by atoms with E-state index in [-0.39, 0.29) is 25.3 Å². The lowest BCUT2D eigenvalue weighted by Gasteiger charge is -2.13. The molecule has 2 heterocycles. The van der Waals surface area contributed by atoms with Gasteiger partial charge in [0.05, 0.1) is 43.0 Å². The number of hydrogen-bond donors (Lipinski definition) is 2. The van der Waals surface area contributed by atoms with Gasteiger partial charge in [-0.2, -0.15) is 0 Å². The molecule has 3 aliphatic rings. The number of ether oxygens (including phenoxy) is 2. The fourth-order valence-corrected chi connectivity index (χ4v) is 7.24. The van der Waals surface area contributed by atoms with Crippen LogP contribution in [0.25, 0.3) is 11.1 Å². The van der Waals surface area contributed by atoms with Crippen molar-refractivity contribution in [2.24, 2.45) is 0 Å². The third-order valence-corrected chi connectivity index (χ3v) is 9.79. The van der Waals surface area contributed by atoms with Gasteiger partial charge in [-0.3, -0.25) is 25.0 Å². The van der Waals surface area contributed by atoms with Gasteiger partial charge in [-0.15, -0.1) is 0 Å². The van der Waals surface area contributed by atoms with Gasteiger partial charge in [-0.25, -0.2) is 26.3 Å². The lowest BCUT2D eigenvalue weighted by Crippen LogP contribution is -2.32. The average Bonchev–Trinajstić information content (AvgIpc) is 3.67. The standard InChI is InChI=1S/C23H24N4O11S2/c28-23-17-7-15(39(33,34)24-11-13-3-1-5-37-13)9-19(26(29)30)21(17)22-18(23)8-16(10-20(22)27(31)32)40(35,36)25-12-14-4-2-6-38-14/h7-10,13-14,24-25H,1-6,11-12H2/t13-,14-/m0/s1. The van der Waals surface area contributed by atoms with Crippen molar-refractivity contribution in [2.45, 2.75) is 47.7 Å². The van der Waals surface area contributed by atoms with Crippen LogP contribution in [0.4, 0.5) is 11.4 Å². The molecule has 0 amide bonds. The molecule has 0 radical (unpaired) electrons. The first kappa shape index (κ1) is 28.2. The van der Waals surface area contributed by atoms with Crippen LogP contribution in [0, 0.1) is 20.2 Å². The maximum Gasteiger partial charge on any atom is 0.279 e. The number of ketones is 1. The fraction of sp³-hybridized carbons (Fsp3) is 0.435. The molecular weight excluding hydrogens is 572 g/mol. The van der Waals surface area contributed by atoms with Crippen molar-refractivity contribution in [3.63, 3.8) is 0 Å². The maximum absolute atomic E-state index is 13.4. The summed E-state index contributed by atoms with van der Waals surface area (Å²) in [7, 11) is -8.70. The summed E-state index contributed by atoms with van der Waals surface area (Å²) in [6.45, 7) is 0.771. The highest BCUT2D eigenvalue weighted by atomic mass is 32.2. The summed E-state index contributed by atoms with van der Waals surface area (Å²) in [4.78, 5) is 34.4. The van der Waals surface area contributed by atoms with Gasteiger partial charge in [0.25, 0.3) is 11.4 Å². The van der Waals surface area contributed by atoms with Crippen molar-refractivity contribution >= 4 is 37.2 Å². The summed E-state index contributed by atoms with van der Waals surface area (Å²) in [6.07, 6.45) is 2.01. The third-order valence-electron chi connectivity index (χ3n) is 6.99. The Balaban J connectivity index is 1.57. The topological polar surface area (TPSA) is 214 Å². The van der Waals surface area contributed by atoms with Crippen LogP contribution in [0.5, 0.6) is 0 Å². The number of nitrogens with one attached hydrogen (secondary N) is 2. The molecule has 17 heteroatoms. The molecule has 214 valence electrons. The number of hydrogen-bond acceptors (Lipinski definition) is 11. The number of sulfonamides is 2. The lowest BCUT2D eigenvalue weighted by atomic mass is 10.0. The van der Waals surface area contributed by atoms with Gasteiger partial charge in [0, 0.05) is 49.6 Å². The molecule has 1 aliphatic carbocycles. The van der Waals surface area contributed by atoms with Crippen LogP contribution in [0.15, 0.2) is 34.1 Å². The van der Waals surface area contributed by atoms with E-state index in [9.17, 15) is 41.9 Å². The van der Waals surface area contributed by atoms with E-state index in [1.54, 1.807) is 0 Å². The lowest BCUT2D eigenvalue weighted by molar-refractivity contribution is -0.386. The Hall–Kier alpha value is -3.35. The van der Waals surface area contributed by atoms with Crippen LogP contribution in [0.2, 0.25) is 0 Å². The van der Waals surface area contributed by atoms with Gasteiger partial charge in [0.2, 0.25) is 20.0 Å². The Morgan fingerprint density at radius 2 is 1.15 bits per heavy atom. The van der Waals surface area contributed by atoms with Crippen LogP contribution < -0.4 is 9.44 Å². The van der Waals surface area contributed by atoms with E-state index in [1.807, 2.05) is 0 Å². The summed E-state index contributed by atoms with van der Waals surface area (Å²) in [5.74, 6) is -0.983. The number of nitro groups is 2. The average molecular weight is 597 g/mol. The molecule has 2 fully saturated rings. The number of carbonyl (C=O) groups excluding carboxylic acids is 1. The summed E-state index contributed by atoms with van der Waals surface area (Å²) < 4.78 is 67.3. The molecule has 5 rings (SSSR count). The summed E-state index contributed by atoms with van der Waals surface area (Å²) in [5, 5.41) is 24.0. The predicted molar refractivity (Wildman–Crippen MR) is 137 cm³/mol. The van der Waals surface area contributed by atoms with Gasteiger partial charge in [0.15, 0.2) is 5.78 Å². The van der Waals surface area contributed by atoms with Crippen molar-refractivity contribution in [3.05, 3.63) is 55.6 Å². The second-order valence-corrected chi connectivity index (χ2v) is 13.1. The minimum absolute atomic E-state index is 0.0903. The van der Waals surface area contributed by atoms with E-state index >= 15 is 0 Å². The molecular formula is C23H24N4O11S2. The number of nitrogens with zero attached hydrogens (tertiary/aromatic N) is 2. The van der Waals surface area contributed by atoms with E-state index < -0.39 is 79.1 Å². The predicted octanol–water partition coefficient (Wildman–Crippen LogP) is 1.63. The number of nitro benzene ring substituents is 2. The molecule has 2 aromatic carbocycles. The first-order chi connectivity index (χ1) is 18.9. The van der Waals surface area contributed by atoms with Crippen LogP contribution in [-0.4, -0.2) is 71.0 Å². The van der Waals surface area contributed by atoms with Crippen molar-refractivity contribution in [3.8, 4) is 11.1 Å². The molecule has 0 spiro atoms. The van der Waals surface area contributed by atoms with E-state index in [4.69, 9.17) is 9.47 Å². The number of carbonyl (C=O) groups is 1. The van der Waals surface area contributed by atoms with E-state index in [0.717, 1.165) is 37.1 Å². The van der Waals surface area contributed by atoms with E-state index in [1.165, 1.54) is 0 Å². The number of benzene rings is 2. The molecule has 2 N–H and O–H groups in total. The minimum Gasteiger partial charge on any atom is -0.377 e. The summed E-state index contributed by atoms with van der Waals surface area (Å²) >= 11 is 0. The smallest absolute Gasteiger partial charge is 0.279 e. The van der Waals surface area contributed by atoms with Crippen molar-refractivity contribution in [2.75, 3.05) is 26.3 Å². The van der Waals surface area contributed by atoms with Gasteiger partial charge in [-0.1, -0.05) is 0 Å². The molecule has 0 unspecified atom stereocenters. The zero-order chi connectivity index (χ0) is 28.8. The largest absolute Gasteiger partial charge is 0.377 e. The highest BCUT2D eigenvalue weighted by Gasteiger charge is 2.42. The quantitative estimate of drug-likeness (QED) is 0.253. The van der Waals surface area contributed by atoms with Gasteiger partial charge < -0.3 is 9.47 Å².